The highest BCUT2D eigenvalue weighted by molar-refractivity contribution is 5.04. The van der Waals surface area contributed by atoms with Crippen LogP contribution in [0.2, 0.25) is 0 Å². The highest BCUT2D eigenvalue weighted by Crippen LogP contribution is 2.30. The third kappa shape index (κ3) is 3.67. The molecule has 0 saturated carbocycles. The lowest BCUT2D eigenvalue weighted by Gasteiger charge is -2.29. The van der Waals surface area contributed by atoms with Gasteiger partial charge in [-0.15, -0.1) is 0 Å². The molecule has 1 aromatic heterocycles. The van der Waals surface area contributed by atoms with Crippen molar-refractivity contribution in [3.05, 3.63) is 30.1 Å². The second-order valence-electron chi connectivity index (χ2n) is 4.80. The number of aliphatic hydroxyl groups is 1. The van der Waals surface area contributed by atoms with Crippen LogP contribution in [-0.2, 0) is 6.42 Å². The summed E-state index contributed by atoms with van der Waals surface area (Å²) in [7, 11) is 0. The Morgan fingerprint density at radius 3 is 2.84 bits per heavy atom. The van der Waals surface area contributed by atoms with Crippen LogP contribution in [-0.4, -0.2) is 46.4 Å². The summed E-state index contributed by atoms with van der Waals surface area (Å²) in [6.07, 6.45) is -3.44. The molecule has 3 nitrogen and oxygen atoms in total. The first-order valence-electron chi connectivity index (χ1n) is 6.37. The van der Waals surface area contributed by atoms with Crippen molar-refractivity contribution in [2.24, 2.45) is 0 Å². The number of halogens is 3. The molecule has 106 valence electrons. The first kappa shape index (κ1) is 14.3. The highest BCUT2D eigenvalue weighted by atomic mass is 19.4. The molecule has 0 aliphatic carbocycles. The summed E-state index contributed by atoms with van der Waals surface area (Å²) in [4.78, 5) is 5.86. The van der Waals surface area contributed by atoms with Gasteiger partial charge in [0.25, 0.3) is 0 Å². The number of hydrogen-bond donors (Lipinski definition) is 1. The van der Waals surface area contributed by atoms with Crippen LogP contribution in [0, 0.1) is 0 Å². The van der Waals surface area contributed by atoms with Crippen molar-refractivity contribution in [1.82, 2.24) is 9.88 Å². The fourth-order valence-electron chi connectivity index (χ4n) is 2.51. The van der Waals surface area contributed by atoms with E-state index in [1.807, 2.05) is 12.1 Å². The van der Waals surface area contributed by atoms with Gasteiger partial charge >= 0.3 is 6.18 Å². The van der Waals surface area contributed by atoms with E-state index in [0.717, 1.165) is 5.69 Å². The summed E-state index contributed by atoms with van der Waals surface area (Å²) in [5, 5.41) is 9.37. The average Bonchev–Trinajstić information content (AvgIpc) is 2.83. The fourth-order valence-corrected chi connectivity index (χ4v) is 2.51. The van der Waals surface area contributed by atoms with Crippen molar-refractivity contribution >= 4 is 0 Å². The zero-order chi connectivity index (χ0) is 13.9. The van der Waals surface area contributed by atoms with Gasteiger partial charge in [0.2, 0.25) is 0 Å². The van der Waals surface area contributed by atoms with E-state index in [0.29, 0.717) is 32.4 Å². The van der Waals surface area contributed by atoms with Crippen molar-refractivity contribution in [2.75, 3.05) is 13.1 Å². The predicted octanol–water partition coefficient (Wildman–Crippen LogP) is 2.01. The maximum Gasteiger partial charge on any atom is 0.415 e. The summed E-state index contributed by atoms with van der Waals surface area (Å²) < 4.78 is 37.6. The largest absolute Gasteiger partial charge is 0.415 e. The Balaban J connectivity index is 1.92. The third-order valence-electron chi connectivity index (χ3n) is 3.50. The van der Waals surface area contributed by atoms with E-state index in [4.69, 9.17) is 0 Å². The van der Waals surface area contributed by atoms with E-state index in [1.165, 1.54) is 0 Å². The van der Waals surface area contributed by atoms with Crippen LogP contribution in [0.1, 0.15) is 18.5 Å². The average molecular weight is 274 g/mol. The number of nitrogens with zero attached hydrogens (tertiary/aromatic N) is 2. The molecule has 2 heterocycles. The Kier molecular flexibility index (Phi) is 4.42. The highest BCUT2D eigenvalue weighted by Gasteiger charge is 2.46. The number of aliphatic hydroxyl groups excluding tert-OH is 1. The Morgan fingerprint density at radius 1 is 1.42 bits per heavy atom. The van der Waals surface area contributed by atoms with E-state index >= 15 is 0 Å². The molecule has 0 radical (unpaired) electrons. The second kappa shape index (κ2) is 5.88. The van der Waals surface area contributed by atoms with Crippen LogP contribution >= 0.6 is 0 Å². The lowest BCUT2D eigenvalue weighted by Crippen LogP contribution is -2.47. The van der Waals surface area contributed by atoms with Gasteiger partial charge in [-0.1, -0.05) is 6.07 Å². The number of alkyl halides is 3. The molecule has 1 aliphatic rings. The minimum atomic E-state index is -4.54. The lowest BCUT2D eigenvalue weighted by atomic mass is 10.1. The molecule has 2 atom stereocenters. The van der Waals surface area contributed by atoms with Gasteiger partial charge in [0.1, 0.15) is 0 Å². The van der Waals surface area contributed by atoms with Crippen LogP contribution in [0.5, 0.6) is 0 Å². The van der Waals surface area contributed by atoms with Crippen LogP contribution in [0.3, 0.4) is 0 Å². The minimum Gasteiger partial charge on any atom is -0.382 e. The van der Waals surface area contributed by atoms with E-state index < -0.39 is 18.3 Å². The van der Waals surface area contributed by atoms with Gasteiger partial charge in [-0.2, -0.15) is 13.2 Å². The maximum absolute atomic E-state index is 12.5. The van der Waals surface area contributed by atoms with Crippen LogP contribution in [0.25, 0.3) is 0 Å². The zero-order valence-corrected chi connectivity index (χ0v) is 10.5. The summed E-state index contributed by atoms with van der Waals surface area (Å²) in [6, 6.07) is 4.69. The lowest BCUT2D eigenvalue weighted by molar-refractivity contribution is -0.219. The van der Waals surface area contributed by atoms with Gasteiger partial charge in [-0.3, -0.25) is 9.88 Å². The van der Waals surface area contributed by atoms with Crippen molar-refractivity contribution < 1.29 is 18.3 Å². The first-order valence-corrected chi connectivity index (χ1v) is 6.37. The number of likely N-dealkylation sites (tertiary alicyclic amines) is 1. The zero-order valence-electron chi connectivity index (χ0n) is 10.5. The Labute approximate surface area is 110 Å². The van der Waals surface area contributed by atoms with E-state index in [-0.39, 0.29) is 0 Å². The van der Waals surface area contributed by atoms with Gasteiger partial charge in [-0.05, 0) is 31.5 Å². The Hall–Kier alpha value is -1.14. The maximum atomic E-state index is 12.5. The van der Waals surface area contributed by atoms with Crippen molar-refractivity contribution in [2.45, 2.75) is 37.6 Å². The SMILES string of the molecule is O[C@H]([C@H]1CCCN1CCc1ccccn1)C(F)(F)F. The standard InChI is InChI=1S/C13H17F3N2O/c14-13(15,16)12(19)11-5-3-8-18(11)9-6-10-4-1-2-7-17-10/h1-2,4,7,11-12,19H,3,5-6,8-9H2/t11-,12-/m1/s1. The summed E-state index contributed by atoms with van der Waals surface area (Å²) in [5.41, 5.74) is 0.856. The van der Waals surface area contributed by atoms with Gasteiger partial charge < -0.3 is 5.11 Å². The van der Waals surface area contributed by atoms with Crippen molar-refractivity contribution in [3.8, 4) is 0 Å². The van der Waals surface area contributed by atoms with Gasteiger partial charge in [-0.25, -0.2) is 0 Å². The van der Waals surface area contributed by atoms with Crippen molar-refractivity contribution in [3.63, 3.8) is 0 Å². The molecule has 1 aromatic rings. The molecule has 2 rings (SSSR count). The van der Waals surface area contributed by atoms with Crippen LogP contribution in [0.15, 0.2) is 24.4 Å². The molecule has 0 bridgehead atoms. The molecule has 0 spiro atoms. The van der Waals surface area contributed by atoms with Crippen LogP contribution in [0.4, 0.5) is 13.2 Å². The van der Waals surface area contributed by atoms with Gasteiger partial charge in [0, 0.05) is 30.9 Å². The molecule has 1 fully saturated rings. The van der Waals surface area contributed by atoms with E-state index in [2.05, 4.69) is 4.98 Å². The van der Waals surface area contributed by atoms with Crippen molar-refractivity contribution in [1.29, 1.82) is 0 Å². The third-order valence-corrected chi connectivity index (χ3v) is 3.50. The fraction of sp³-hybridized carbons (Fsp3) is 0.615. The molecule has 1 N–H and O–H groups in total. The monoisotopic (exact) mass is 274 g/mol. The first-order chi connectivity index (χ1) is 8.98. The molecule has 6 heteroatoms. The molecule has 19 heavy (non-hydrogen) atoms. The van der Waals surface area contributed by atoms with E-state index in [9.17, 15) is 18.3 Å². The minimum absolute atomic E-state index is 0.392. The summed E-state index contributed by atoms with van der Waals surface area (Å²) in [6.45, 7) is 1.10. The summed E-state index contributed by atoms with van der Waals surface area (Å²) in [5.74, 6) is 0. The van der Waals surface area contributed by atoms with Crippen LogP contribution < -0.4 is 0 Å². The number of aromatic nitrogens is 1. The molecule has 1 aliphatic heterocycles. The van der Waals surface area contributed by atoms with Gasteiger partial charge in [0.15, 0.2) is 6.10 Å². The molecular formula is C13H17F3N2O. The quantitative estimate of drug-likeness (QED) is 0.912. The predicted molar refractivity (Wildman–Crippen MR) is 64.6 cm³/mol. The molecule has 0 unspecified atom stereocenters. The smallest absolute Gasteiger partial charge is 0.382 e. The van der Waals surface area contributed by atoms with E-state index in [1.54, 1.807) is 17.2 Å². The molecular weight excluding hydrogens is 257 g/mol. The topological polar surface area (TPSA) is 36.4 Å². The van der Waals surface area contributed by atoms with Gasteiger partial charge in [0.05, 0.1) is 0 Å². The number of rotatable bonds is 4. The number of hydrogen-bond acceptors (Lipinski definition) is 3. The molecule has 0 aromatic carbocycles. The molecule has 1 saturated heterocycles. The Morgan fingerprint density at radius 2 is 2.21 bits per heavy atom. The number of pyridine rings is 1. The summed E-state index contributed by atoms with van der Waals surface area (Å²) >= 11 is 0. The molecule has 0 amide bonds. The second-order valence-corrected chi connectivity index (χ2v) is 4.80. The Bertz CT molecular complexity index is 397. The normalized spacial score (nSPS) is 22.6.